The molecule has 1 aromatic heterocycles. The van der Waals surface area contributed by atoms with Crippen LogP contribution in [0.3, 0.4) is 0 Å². The summed E-state index contributed by atoms with van der Waals surface area (Å²) >= 11 is 0. The molecule has 0 unspecified atom stereocenters. The Kier molecular flexibility index (Phi) is 4.91. The van der Waals surface area contributed by atoms with E-state index in [2.05, 4.69) is 10.3 Å². The van der Waals surface area contributed by atoms with Crippen molar-refractivity contribution in [2.75, 3.05) is 18.4 Å². The van der Waals surface area contributed by atoms with E-state index in [4.69, 9.17) is 0 Å². The molecule has 0 spiro atoms. The Morgan fingerprint density at radius 1 is 1.20 bits per heavy atom. The number of hydrogen-bond donors (Lipinski definition) is 1. The van der Waals surface area contributed by atoms with Gasteiger partial charge in [0.1, 0.15) is 0 Å². The number of amides is 1. The highest BCUT2D eigenvalue weighted by Crippen LogP contribution is 2.24. The molecule has 3 rings (SSSR count). The average Bonchev–Trinajstić information content (AvgIpc) is 3.04. The molecule has 25 heavy (non-hydrogen) atoms. The molecule has 0 atom stereocenters. The Hall–Kier alpha value is -2.19. The summed E-state index contributed by atoms with van der Waals surface area (Å²) < 4.78 is 28.1. The third-order valence-electron chi connectivity index (χ3n) is 4.43. The van der Waals surface area contributed by atoms with Gasteiger partial charge in [0.15, 0.2) is 5.03 Å². The van der Waals surface area contributed by atoms with Gasteiger partial charge in [0, 0.05) is 37.9 Å². The lowest BCUT2D eigenvalue weighted by Gasteiger charge is -2.29. The summed E-state index contributed by atoms with van der Waals surface area (Å²) in [7, 11) is -1.85. The molecule has 0 saturated carbocycles. The number of anilines is 1. The Morgan fingerprint density at radius 3 is 2.40 bits per heavy atom. The van der Waals surface area contributed by atoms with Crippen molar-refractivity contribution in [2.45, 2.75) is 24.8 Å². The number of nitrogens with one attached hydrogen (secondary N) is 1. The van der Waals surface area contributed by atoms with E-state index < -0.39 is 10.0 Å². The SMILES string of the molecule is Cc1ccc(NC(=O)C2CCN(S(=O)(=O)c3cn(C)cn3)CC2)cc1. The standard InChI is InChI=1S/C17H22N4O3S/c1-13-3-5-15(6-4-13)19-17(22)14-7-9-21(10-8-14)25(23,24)16-11-20(2)12-18-16/h3-6,11-12,14H,7-10H2,1-2H3,(H,19,22). The van der Waals surface area contributed by atoms with Gasteiger partial charge < -0.3 is 9.88 Å². The Labute approximate surface area is 147 Å². The van der Waals surface area contributed by atoms with Gasteiger partial charge in [-0.15, -0.1) is 0 Å². The molecule has 134 valence electrons. The van der Waals surface area contributed by atoms with Crippen LogP contribution in [0.5, 0.6) is 0 Å². The lowest BCUT2D eigenvalue weighted by Crippen LogP contribution is -2.41. The molecular weight excluding hydrogens is 340 g/mol. The molecule has 7 nitrogen and oxygen atoms in total. The molecule has 1 aromatic carbocycles. The number of hydrogen-bond acceptors (Lipinski definition) is 4. The Morgan fingerprint density at radius 2 is 1.84 bits per heavy atom. The number of benzene rings is 1. The van der Waals surface area contributed by atoms with E-state index in [1.807, 2.05) is 31.2 Å². The first-order valence-electron chi connectivity index (χ1n) is 8.22. The maximum atomic E-state index is 12.5. The van der Waals surface area contributed by atoms with E-state index in [1.165, 1.54) is 16.8 Å². The van der Waals surface area contributed by atoms with Gasteiger partial charge in [0.05, 0.1) is 6.33 Å². The van der Waals surface area contributed by atoms with Gasteiger partial charge in [-0.25, -0.2) is 13.4 Å². The molecule has 1 N–H and O–H groups in total. The number of piperidine rings is 1. The summed E-state index contributed by atoms with van der Waals surface area (Å²) in [5, 5.41) is 2.96. The van der Waals surface area contributed by atoms with E-state index in [0.29, 0.717) is 25.9 Å². The van der Waals surface area contributed by atoms with Gasteiger partial charge in [-0.2, -0.15) is 4.31 Å². The van der Waals surface area contributed by atoms with E-state index in [-0.39, 0.29) is 16.9 Å². The lowest BCUT2D eigenvalue weighted by molar-refractivity contribution is -0.120. The summed E-state index contributed by atoms with van der Waals surface area (Å²) in [5.41, 5.74) is 1.89. The third-order valence-corrected chi connectivity index (χ3v) is 6.21. The fourth-order valence-corrected chi connectivity index (χ4v) is 4.33. The molecule has 1 fully saturated rings. The van der Waals surface area contributed by atoms with E-state index in [0.717, 1.165) is 11.3 Å². The van der Waals surface area contributed by atoms with Crippen LogP contribution in [0.2, 0.25) is 0 Å². The number of imidazole rings is 1. The smallest absolute Gasteiger partial charge is 0.262 e. The molecule has 1 saturated heterocycles. The lowest BCUT2D eigenvalue weighted by atomic mass is 9.97. The van der Waals surface area contributed by atoms with Crippen molar-refractivity contribution in [3.63, 3.8) is 0 Å². The second kappa shape index (κ2) is 6.97. The van der Waals surface area contributed by atoms with Crippen LogP contribution in [0.15, 0.2) is 41.8 Å². The highest BCUT2D eigenvalue weighted by molar-refractivity contribution is 7.89. The zero-order valence-electron chi connectivity index (χ0n) is 14.3. The molecule has 8 heteroatoms. The van der Waals surface area contributed by atoms with Gasteiger partial charge in [-0.3, -0.25) is 4.79 Å². The zero-order valence-corrected chi connectivity index (χ0v) is 15.2. The fraction of sp³-hybridized carbons (Fsp3) is 0.412. The van der Waals surface area contributed by atoms with Gasteiger partial charge in [0.25, 0.3) is 10.0 Å². The van der Waals surface area contributed by atoms with Crippen LogP contribution in [0.25, 0.3) is 0 Å². The molecule has 2 heterocycles. The van der Waals surface area contributed by atoms with Gasteiger partial charge in [-0.05, 0) is 31.9 Å². The van der Waals surface area contributed by atoms with Gasteiger partial charge >= 0.3 is 0 Å². The molecule has 0 bridgehead atoms. The number of rotatable bonds is 4. The first-order valence-corrected chi connectivity index (χ1v) is 9.66. The fourth-order valence-electron chi connectivity index (χ4n) is 2.89. The maximum absolute atomic E-state index is 12.5. The molecule has 1 aliphatic heterocycles. The first kappa shape index (κ1) is 17.6. The first-order chi connectivity index (χ1) is 11.9. The second-order valence-electron chi connectivity index (χ2n) is 6.41. The molecule has 1 amide bonds. The molecular formula is C17H22N4O3S. The minimum absolute atomic E-state index is 0.0533. The van der Waals surface area contributed by atoms with E-state index in [1.54, 1.807) is 11.6 Å². The van der Waals surface area contributed by atoms with Crippen molar-refractivity contribution in [1.82, 2.24) is 13.9 Å². The third kappa shape index (κ3) is 3.91. The quantitative estimate of drug-likeness (QED) is 0.898. The van der Waals surface area contributed by atoms with Gasteiger partial charge in [-0.1, -0.05) is 17.7 Å². The van der Waals surface area contributed by atoms with Gasteiger partial charge in [0.2, 0.25) is 5.91 Å². The summed E-state index contributed by atoms with van der Waals surface area (Å²) in [6, 6.07) is 7.62. The maximum Gasteiger partial charge on any atom is 0.262 e. The normalized spacial score (nSPS) is 16.7. The molecule has 0 radical (unpaired) electrons. The topological polar surface area (TPSA) is 84.3 Å². The number of carbonyl (C=O) groups is 1. The largest absolute Gasteiger partial charge is 0.339 e. The van der Waals surface area contributed by atoms with E-state index in [9.17, 15) is 13.2 Å². The van der Waals surface area contributed by atoms with Crippen LogP contribution in [0.4, 0.5) is 5.69 Å². The minimum atomic E-state index is -3.58. The highest BCUT2D eigenvalue weighted by atomic mass is 32.2. The summed E-state index contributed by atoms with van der Waals surface area (Å²) in [5.74, 6) is -0.241. The molecule has 1 aliphatic rings. The van der Waals surface area contributed by atoms with Crippen LogP contribution in [0.1, 0.15) is 18.4 Å². The zero-order chi connectivity index (χ0) is 18.0. The van der Waals surface area contributed by atoms with Crippen molar-refractivity contribution in [3.8, 4) is 0 Å². The minimum Gasteiger partial charge on any atom is -0.339 e. The van der Waals surface area contributed by atoms with Crippen LogP contribution in [0, 0.1) is 12.8 Å². The summed E-state index contributed by atoms with van der Waals surface area (Å²) in [4.78, 5) is 16.3. The number of aryl methyl sites for hydroxylation is 2. The van der Waals surface area contributed by atoms with Crippen LogP contribution in [-0.2, 0) is 21.9 Å². The van der Waals surface area contributed by atoms with Crippen molar-refractivity contribution in [3.05, 3.63) is 42.4 Å². The monoisotopic (exact) mass is 362 g/mol. The Bertz CT molecular complexity index is 850. The summed E-state index contributed by atoms with van der Waals surface area (Å²) in [6.45, 7) is 2.64. The second-order valence-corrected chi connectivity index (χ2v) is 8.30. The van der Waals surface area contributed by atoms with Crippen molar-refractivity contribution < 1.29 is 13.2 Å². The number of sulfonamides is 1. The number of aromatic nitrogens is 2. The predicted octanol–water partition coefficient (Wildman–Crippen LogP) is 1.77. The van der Waals surface area contributed by atoms with Crippen LogP contribution >= 0.6 is 0 Å². The average molecular weight is 362 g/mol. The van der Waals surface area contributed by atoms with Crippen LogP contribution < -0.4 is 5.32 Å². The number of carbonyl (C=O) groups excluding carboxylic acids is 1. The number of nitrogens with zero attached hydrogens (tertiary/aromatic N) is 3. The van der Waals surface area contributed by atoms with Crippen molar-refractivity contribution >= 4 is 21.6 Å². The van der Waals surface area contributed by atoms with E-state index >= 15 is 0 Å². The van der Waals surface area contributed by atoms with Crippen molar-refractivity contribution in [1.29, 1.82) is 0 Å². The van der Waals surface area contributed by atoms with Crippen LogP contribution in [-0.4, -0.2) is 41.3 Å². The Balaban J connectivity index is 1.59. The molecule has 0 aliphatic carbocycles. The predicted molar refractivity (Wildman–Crippen MR) is 94.5 cm³/mol. The highest BCUT2D eigenvalue weighted by Gasteiger charge is 2.33. The summed E-state index contributed by atoms with van der Waals surface area (Å²) in [6.07, 6.45) is 3.97. The molecule has 2 aromatic rings. The van der Waals surface area contributed by atoms with Crippen molar-refractivity contribution in [2.24, 2.45) is 13.0 Å².